The van der Waals surface area contributed by atoms with Gasteiger partial charge in [0.1, 0.15) is 17.6 Å². The van der Waals surface area contributed by atoms with Gasteiger partial charge < -0.3 is 19.9 Å². The van der Waals surface area contributed by atoms with Gasteiger partial charge in [0, 0.05) is 43.8 Å². The molecule has 0 unspecified atom stereocenters. The lowest BCUT2D eigenvalue weighted by molar-refractivity contribution is 0.0746. The molecule has 0 bridgehead atoms. The van der Waals surface area contributed by atoms with E-state index in [1.165, 1.54) is 11.9 Å². The molecule has 1 N–H and O–H groups in total. The smallest absolute Gasteiger partial charge is 0.255 e. The van der Waals surface area contributed by atoms with Crippen molar-refractivity contribution in [3.8, 4) is 17.6 Å². The molecular formula is C32H28N6O2. The van der Waals surface area contributed by atoms with Crippen LogP contribution in [0.3, 0.4) is 0 Å². The van der Waals surface area contributed by atoms with Crippen molar-refractivity contribution in [2.45, 2.75) is 6.92 Å². The minimum Gasteiger partial charge on any atom is -0.457 e. The standard InChI is InChI=1S/C32H28N6O2/c1-23-29(32(39)37-18-16-36(17-19-37)26-8-4-2-5-9-26)22-38-31(23)30(24(20-33)21-34-38)35-25-12-14-28(15-13-25)40-27-10-6-3-7-11-27/h2-15,21-22,35H,16-19H2,1H3. The van der Waals surface area contributed by atoms with E-state index in [4.69, 9.17) is 4.74 Å². The first-order valence-corrected chi connectivity index (χ1v) is 13.2. The van der Waals surface area contributed by atoms with E-state index >= 15 is 0 Å². The molecule has 0 saturated carbocycles. The number of anilines is 3. The number of fused-ring (bicyclic) bond motifs is 1. The van der Waals surface area contributed by atoms with E-state index in [1.54, 1.807) is 10.7 Å². The molecule has 8 heteroatoms. The molecule has 0 atom stereocenters. The van der Waals surface area contributed by atoms with Crippen molar-refractivity contribution in [2.75, 3.05) is 36.4 Å². The number of aryl methyl sites for hydroxylation is 1. The van der Waals surface area contributed by atoms with Gasteiger partial charge in [-0.1, -0.05) is 36.4 Å². The van der Waals surface area contributed by atoms with Gasteiger partial charge in [-0.2, -0.15) is 10.4 Å². The predicted octanol–water partition coefficient (Wildman–Crippen LogP) is 6.01. The van der Waals surface area contributed by atoms with Crippen molar-refractivity contribution in [3.63, 3.8) is 0 Å². The highest BCUT2D eigenvalue weighted by Crippen LogP contribution is 2.32. The fourth-order valence-electron chi connectivity index (χ4n) is 5.07. The van der Waals surface area contributed by atoms with Crippen molar-refractivity contribution < 1.29 is 9.53 Å². The molecule has 8 nitrogen and oxygen atoms in total. The van der Waals surface area contributed by atoms with E-state index in [9.17, 15) is 10.1 Å². The van der Waals surface area contributed by atoms with Gasteiger partial charge in [-0.25, -0.2) is 4.52 Å². The molecular weight excluding hydrogens is 500 g/mol. The maximum atomic E-state index is 13.6. The van der Waals surface area contributed by atoms with E-state index in [0.29, 0.717) is 41.2 Å². The molecule has 0 radical (unpaired) electrons. The number of rotatable bonds is 6. The van der Waals surface area contributed by atoms with Crippen LogP contribution in [0.15, 0.2) is 97.3 Å². The third kappa shape index (κ3) is 4.93. The molecule has 0 spiro atoms. The van der Waals surface area contributed by atoms with Crippen LogP contribution in [0.25, 0.3) is 5.52 Å². The topological polar surface area (TPSA) is 85.9 Å². The van der Waals surface area contributed by atoms with E-state index in [0.717, 1.165) is 30.1 Å². The van der Waals surface area contributed by atoms with Gasteiger partial charge in [0.05, 0.1) is 28.5 Å². The Labute approximate surface area is 232 Å². The lowest BCUT2D eigenvalue weighted by Crippen LogP contribution is -2.48. The third-order valence-corrected chi connectivity index (χ3v) is 7.20. The summed E-state index contributed by atoms with van der Waals surface area (Å²) < 4.78 is 7.58. The fourth-order valence-corrected chi connectivity index (χ4v) is 5.07. The highest BCUT2D eigenvalue weighted by Gasteiger charge is 2.26. The quantitative estimate of drug-likeness (QED) is 0.290. The Morgan fingerprint density at radius 1 is 0.900 bits per heavy atom. The number of hydrogen-bond donors (Lipinski definition) is 1. The second kappa shape index (κ2) is 10.8. The number of piperazine rings is 1. The molecule has 198 valence electrons. The molecule has 40 heavy (non-hydrogen) atoms. The second-order valence-corrected chi connectivity index (χ2v) is 9.69. The van der Waals surface area contributed by atoms with Crippen LogP contribution in [-0.2, 0) is 0 Å². The summed E-state index contributed by atoms with van der Waals surface area (Å²) in [6.45, 7) is 4.73. The van der Waals surface area contributed by atoms with E-state index in [-0.39, 0.29) is 5.91 Å². The summed E-state index contributed by atoms with van der Waals surface area (Å²) in [6, 6.07) is 29.6. The van der Waals surface area contributed by atoms with Crippen molar-refractivity contribution >= 4 is 28.5 Å². The Morgan fingerprint density at radius 2 is 1.55 bits per heavy atom. The lowest BCUT2D eigenvalue weighted by atomic mass is 10.1. The summed E-state index contributed by atoms with van der Waals surface area (Å²) in [5.74, 6) is 1.44. The molecule has 1 fully saturated rings. The third-order valence-electron chi connectivity index (χ3n) is 7.20. The highest BCUT2D eigenvalue weighted by molar-refractivity contribution is 6.00. The first-order chi connectivity index (χ1) is 19.6. The average molecular weight is 529 g/mol. The molecule has 2 aromatic heterocycles. The Morgan fingerprint density at radius 3 is 2.23 bits per heavy atom. The number of nitrogens with zero attached hydrogens (tertiary/aromatic N) is 5. The maximum absolute atomic E-state index is 13.6. The number of nitriles is 1. The van der Waals surface area contributed by atoms with Gasteiger partial charge in [0.25, 0.3) is 5.91 Å². The summed E-state index contributed by atoms with van der Waals surface area (Å²) in [5.41, 5.74) is 5.04. The number of aromatic nitrogens is 2. The molecule has 3 heterocycles. The molecule has 0 aliphatic carbocycles. The van der Waals surface area contributed by atoms with Crippen LogP contribution in [0, 0.1) is 18.3 Å². The maximum Gasteiger partial charge on any atom is 0.255 e. The average Bonchev–Trinajstić information content (AvgIpc) is 3.35. The summed E-state index contributed by atoms with van der Waals surface area (Å²) in [7, 11) is 0. The molecule has 1 aliphatic heterocycles. The number of carbonyl (C=O) groups is 1. The monoisotopic (exact) mass is 528 g/mol. The van der Waals surface area contributed by atoms with E-state index < -0.39 is 0 Å². The van der Waals surface area contributed by atoms with Crippen LogP contribution in [0.4, 0.5) is 17.1 Å². The number of benzene rings is 3. The van der Waals surface area contributed by atoms with E-state index in [1.807, 2.05) is 84.6 Å². The minimum absolute atomic E-state index is 0.0254. The van der Waals surface area contributed by atoms with Crippen molar-refractivity contribution in [3.05, 3.63) is 114 Å². The Bertz CT molecular complexity index is 1680. The van der Waals surface area contributed by atoms with Gasteiger partial charge in [-0.3, -0.25) is 4.79 Å². The zero-order chi connectivity index (χ0) is 27.5. The Kier molecular flexibility index (Phi) is 6.77. The number of ether oxygens (including phenoxy) is 1. The van der Waals surface area contributed by atoms with Crippen LogP contribution in [0.2, 0.25) is 0 Å². The van der Waals surface area contributed by atoms with Crippen LogP contribution in [0.5, 0.6) is 11.5 Å². The molecule has 3 aromatic carbocycles. The SMILES string of the molecule is Cc1c(C(=O)N2CCN(c3ccccc3)CC2)cn2ncc(C#N)c(Nc3ccc(Oc4ccccc4)cc3)c12. The number of hydrogen-bond acceptors (Lipinski definition) is 6. The molecule has 1 saturated heterocycles. The fraction of sp³-hybridized carbons (Fsp3) is 0.156. The summed E-state index contributed by atoms with van der Waals surface area (Å²) in [5, 5.41) is 17.7. The summed E-state index contributed by atoms with van der Waals surface area (Å²) in [4.78, 5) is 17.8. The van der Waals surface area contributed by atoms with Gasteiger partial charge >= 0.3 is 0 Å². The van der Waals surface area contributed by atoms with Crippen molar-refractivity contribution in [1.82, 2.24) is 14.5 Å². The minimum atomic E-state index is -0.0254. The zero-order valence-electron chi connectivity index (χ0n) is 22.1. The van der Waals surface area contributed by atoms with Crippen LogP contribution in [-0.4, -0.2) is 46.6 Å². The number of amides is 1. The van der Waals surface area contributed by atoms with Gasteiger partial charge in [0.2, 0.25) is 0 Å². The van der Waals surface area contributed by atoms with Gasteiger partial charge in [-0.15, -0.1) is 0 Å². The van der Waals surface area contributed by atoms with Crippen molar-refractivity contribution in [2.24, 2.45) is 0 Å². The Balaban J connectivity index is 1.23. The second-order valence-electron chi connectivity index (χ2n) is 9.69. The molecule has 5 aromatic rings. The number of carbonyl (C=O) groups excluding carboxylic acids is 1. The summed E-state index contributed by atoms with van der Waals surface area (Å²) >= 11 is 0. The Hall–Kier alpha value is -5.29. The molecule has 1 aliphatic rings. The van der Waals surface area contributed by atoms with Crippen LogP contribution in [0.1, 0.15) is 21.5 Å². The largest absolute Gasteiger partial charge is 0.457 e. The van der Waals surface area contributed by atoms with Crippen LogP contribution >= 0.6 is 0 Å². The zero-order valence-corrected chi connectivity index (χ0v) is 22.1. The molecule has 1 amide bonds. The van der Waals surface area contributed by atoms with Crippen molar-refractivity contribution in [1.29, 1.82) is 5.26 Å². The number of nitrogens with one attached hydrogen (secondary N) is 1. The van der Waals surface area contributed by atoms with Crippen LogP contribution < -0.4 is 15.0 Å². The normalized spacial score (nSPS) is 13.2. The van der Waals surface area contributed by atoms with Gasteiger partial charge in [-0.05, 0) is 61.0 Å². The van der Waals surface area contributed by atoms with E-state index in [2.05, 4.69) is 33.5 Å². The number of para-hydroxylation sites is 2. The predicted molar refractivity (Wildman–Crippen MR) is 155 cm³/mol. The van der Waals surface area contributed by atoms with Gasteiger partial charge in [0.15, 0.2) is 0 Å². The highest BCUT2D eigenvalue weighted by atomic mass is 16.5. The molecule has 6 rings (SSSR count). The first kappa shape index (κ1) is 25.0. The summed E-state index contributed by atoms with van der Waals surface area (Å²) in [6.07, 6.45) is 3.29. The lowest BCUT2D eigenvalue weighted by Gasteiger charge is -2.36. The first-order valence-electron chi connectivity index (χ1n) is 13.2.